The van der Waals surface area contributed by atoms with Gasteiger partial charge in [-0.1, -0.05) is 32.4 Å². The Morgan fingerprint density at radius 3 is 2.53 bits per heavy atom. The summed E-state index contributed by atoms with van der Waals surface area (Å²) in [4.78, 5) is 24.1. The molecule has 1 N–H and O–H groups in total. The maximum atomic E-state index is 12.1. The van der Waals surface area contributed by atoms with Crippen LogP contribution in [0.5, 0.6) is 11.5 Å². The lowest BCUT2D eigenvalue weighted by atomic mass is 9.87. The number of ether oxygens (including phenoxy) is 2. The van der Waals surface area contributed by atoms with Gasteiger partial charge in [0.25, 0.3) is 0 Å². The normalized spacial score (nSPS) is 19.7. The van der Waals surface area contributed by atoms with Crippen LogP contribution in [-0.2, 0) is 16.1 Å². The van der Waals surface area contributed by atoms with Gasteiger partial charge in [0.15, 0.2) is 11.5 Å². The lowest BCUT2D eigenvalue weighted by molar-refractivity contribution is -0.116. The number of aldehydes is 1. The minimum Gasteiger partial charge on any atom is -0.493 e. The SMILES string of the molecule is CCCCC(=O)Nc1ccc(CN2N=C(c3ccc(OC)c(OC4CCCC4)c3)C(CC)CC2C=O)cc1. The Bertz CT molecular complexity index is 1110. The molecule has 1 fully saturated rings. The zero-order chi connectivity index (χ0) is 26.9. The van der Waals surface area contributed by atoms with Crippen molar-refractivity contribution in [3.63, 3.8) is 0 Å². The molecule has 2 aliphatic rings. The Kier molecular flexibility index (Phi) is 9.79. The number of benzene rings is 2. The fourth-order valence-electron chi connectivity index (χ4n) is 5.31. The number of amides is 1. The topological polar surface area (TPSA) is 80.2 Å². The number of nitrogens with one attached hydrogen (secondary N) is 1. The second kappa shape index (κ2) is 13.4. The number of carbonyl (C=O) groups is 2. The van der Waals surface area contributed by atoms with E-state index in [0.29, 0.717) is 13.0 Å². The largest absolute Gasteiger partial charge is 0.493 e. The molecule has 0 spiro atoms. The first-order valence-corrected chi connectivity index (χ1v) is 14.1. The zero-order valence-corrected chi connectivity index (χ0v) is 22.9. The molecule has 7 heteroatoms. The number of hydrazone groups is 1. The quantitative estimate of drug-likeness (QED) is 0.331. The second-order valence-corrected chi connectivity index (χ2v) is 10.4. The van der Waals surface area contributed by atoms with Gasteiger partial charge >= 0.3 is 0 Å². The van der Waals surface area contributed by atoms with E-state index in [9.17, 15) is 9.59 Å². The smallest absolute Gasteiger partial charge is 0.224 e. The highest BCUT2D eigenvalue weighted by Gasteiger charge is 2.31. The molecule has 1 amide bonds. The van der Waals surface area contributed by atoms with Gasteiger partial charge in [0.2, 0.25) is 5.91 Å². The molecule has 4 rings (SSSR count). The summed E-state index contributed by atoms with van der Waals surface area (Å²) in [6.45, 7) is 4.73. The van der Waals surface area contributed by atoms with Crippen molar-refractivity contribution in [2.75, 3.05) is 12.4 Å². The summed E-state index contributed by atoms with van der Waals surface area (Å²) in [5.41, 5.74) is 3.79. The molecule has 1 aliphatic carbocycles. The standard InChI is InChI=1S/C31H41N3O4/c1-4-6-11-30(36)32-25-15-12-22(13-16-25)20-34-26(21-35)18-23(5-2)31(33-34)24-14-17-28(37-3)29(19-24)38-27-9-7-8-10-27/h12-17,19,21,23,26-27H,4-11,18,20H2,1-3H3,(H,32,36). The lowest BCUT2D eigenvalue weighted by Crippen LogP contribution is -2.41. The Morgan fingerprint density at radius 1 is 1.11 bits per heavy atom. The summed E-state index contributed by atoms with van der Waals surface area (Å²) in [5, 5.41) is 9.88. The highest BCUT2D eigenvalue weighted by Crippen LogP contribution is 2.35. The maximum absolute atomic E-state index is 12.1. The van der Waals surface area contributed by atoms with Crippen LogP contribution in [0.1, 0.15) is 82.8 Å². The van der Waals surface area contributed by atoms with Gasteiger partial charge in [-0.25, -0.2) is 0 Å². The first-order chi connectivity index (χ1) is 18.5. The fourth-order valence-corrected chi connectivity index (χ4v) is 5.31. The third-order valence-electron chi connectivity index (χ3n) is 7.58. The van der Waals surface area contributed by atoms with Crippen molar-refractivity contribution in [1.29, 1.82) is 0 Å². The fraction of sp³-hybridized carbons (Fsp3) is 0.516. The molecule has 2 aromatic carbocycles. The van der Waals surface area contributed by atoms with E-state index in [0.717, 1.165) is 78.8 Å². The molecule has 2 aromatic rings. The number of carbonyl (C=O) groups excluding carboxylic acids is 2. The summed E-state index contributed by atoms with van der Waals surface area (Å²) < 4.78 is 11.9. The summed E-state index contributed by atoms with van der Waals surface area (Å²) >= 11 is 0. The van der Waals surface area contributed by atoms with Crippen LogP contribution >= 0.6 is 0 Å². The van der Waals surface area contributed by atoms with Crippen LogP contribution in [0.3, 0.4) is 0 Å². The third-order valence-corrected chi connectivity index (χ3v) is 7.58. The van der Waals surface area contributed by atoms with Crippen molar-refractivity contribution >= 4 is 23.6 Å². The minimum absolute atomic E-state index is 0.0345. The van der Waals surface area contributed by atoms with Gasteiger partial charge in [0.05, 0.1) is 25.5 Å². The maximum Gasteiger partial charge on any atom is 0.224 e. The molecule has 38 heavy (non-hydrogen) atoms. The summed E-state index contributed by atoms with van der Waals surface area (Å²) in [7, 11) is 1.67. The van der Waals surface area contributed by atoms with Crippen LogP contribution < -0.4 is 14.8 Å². The highest BCUT2D eigenvalue weighted by molar-refractivity contribution is 6.03. The summed E-state index contributed by atoms with van der Waals surface area (Å²) in [5.74, 6) is 1.70. The van der Waals surface area contributed by atoms with E-state index in [4.69, 9.17) is 14.6 Å². The van der Waals surface area contributed by atoms with Crippen LogP contribution in [0, 0.1) is 5.92 Å². The molecule has 0 bridgehead atoms. The molecule has 204 valence electrons. The van der Waals surface area contributed by atoms with Gasteiger partial charge in [-0.2, -0.15) is 5.10 Å². The molecule has 1 aliphatic heterocycles. The summed E-state index contributed by atoms with van der Waals surface area (Å²) in [6, 6.07) is 13.6. The number of nitrogens with zero attached hydrogens (tertiary/aromatic N) is 2. The van der Waals surface area contributed by atoms with Crippen molar-refractivity contribution in [1.82, 2.24) is 5.01 Å². The molecular weight excluding hydrogens is 478 g/mol. The molecule has 2 unspecified atom stereocenters. The van der Waals surface area contributed by atoms with Gasteiger partial charge in [0.1, 0.15) is 12.3 Å². The predicted octanol–water partition coefficient (Wildman–Crippen LogP) is 6.35. The van der Waals surface area contributed by atoms with Crippen LogP contribution in [0.4, 0.5) is 5.69 Å². The first kappa shape index (κ1) is 27.7. The average molecular weight is 520 g/mol. The van der Waals surface area contributed by atoms with Crippen LogP contribution in [0.15, 0.2) is 47.6 Å². The van der Waals surface area contributed by atoms with E-state index in [-0.39, 0.29) is 24.0 Å². The van der Waals surface area contributed by atoms with Gasteiger partial charge in [0, 0.05) is 23.6 Å². The highest BCUT2D eigenvalue weighted by atomic mass is 16.5. The number of anilines is 1. The van der Waals surface area contributed by atoms with Gasteiger partial charge in [-0.05, 0) is 80.8 Å². The molecule has 1 heterocycles. The monoisotopic (exact) mass is 519 g/mol. The van der Waals surface area contributed by atoms with Gasteiger partial charge < -0.3 is 19.6 Å². The Hall–Kier alpha value is -3.35. The van der Waals surface area contributed by atoms with E-state index >= 15 is 0 Å². The molecule has 0 radical (unpaired) electrons. The number of methoxy groups -OCH3 is 1. The predicted molar refractivity (Wildman–Crippen MR) is 151 cm³/mol. The third kappa shape index (κ3) is 6.94. The minimum atomic E-state index is -0.287. The van der Waals surface area contributed by atoms with Gasteiger partial charge in [-0.15, -0.1) is 0 Å². The Labute approximate surface area is 226 Å². The molecular formula is C31H41N3O4. The van der Waals surface area contributed by atoms with Gasteiger partial charge in [-0.3, -0.25) is 9.80 Å². The van der Waals surface area contributed by atoms with E-state index < -0.39 is 0 Å². The van der Waals surface area contributed by atoms with Crippen molar-refractivity contribution in [3.8, 4) is 11.5 Å². The van der Waals surface area contributed by atoms with Crippen molar-refractivity contribution in [2.45, 2.75) is 90.3 Å². The zero-order valence-electron chi connectivity index (χ0n) is 22.9. The van der Waals surface area contributed by atoms with Crippen molar-refractivity contribution < 1.29 is 19.1 Å². The molecule has 2 atom stereocenters. The van der Waals surface area contributed by atoms with Crippen LogP contribution in [0.25, 0.3) is 0 Å². The first-order valence-electron chi connectivity index (χ1n) is 14.1. The Balaban J connectivity index is 1.55. The molecule has 0 saturated heterocycles. The van der Waals surface area contributed by atoms with E-state index in [1.807, 2.05) is 47.5 Å². The second-order valence-electron chi connectivity index (χ2n) is 10.4. The number of unbranched alkanes of at least 4 members (excludes halogenated alkanes) is 1. The van der Waals surface area contributed by atoms with Crippen LogP contribution in [0.2, 0.25) is 0 Å². The average Bonchev–Trinajstić information content (AvgIpc) is 3.46. The van der Waals surface area contributed by atoms with Crippen molar-refractivity contribution in [2.24, 2.45) is 11.0 Å². The van der Waals surface area contributed by atoms with E-state index in [1.54, 1.807) is 7.11 Å². The molecule has 7 nitrogen and oxygen atoms in total. The lowest BCUT2D eigenvalue weighted by Gasteiger charge is -2.35. The van der Waals surface area contributed by atoms with E-state index in [1.165, 1.54) is 12.8 Å². The number of rotatable bonds is 12. The van der Waals surface area contributed by atoms with Crippen molar-refractivity contribution in [3.05, 3.63) is 53.6 Å². The number of hydrogen-bond acceptors (Lipinski definition) is 6. The molecule has 0 aromatic heterocycles. The molecule has 1 saturated carbocycles. The number of hydrogen-bond donors (Lipinski definition) is 1. The van der Waals surface area contributed by atoms with E-state index in [2.05, 4.69) is 19.2 Å². The Morgan fingerprint density at radius 2 is 1.87 bits per heavy atom. The van der Waals surface area contributed by atoms with Crippen LogP contribution in [-0.4, -0.2) is 42.2 Å². The summed E-state index contributed by atoms with van der Waals surface area (Å²) in [6.07, 6.45) is 9.80.